The Morgan fingerprint density at radius 3 is 2.38 bits per heavy atom. The predicted octanol–water partition coefficient (Wildman–Crippen LogP) is 2.76. The highest BCUT2D eigenvalue weighted by atomic mass is 79.9. The molecule has 0 unspecified atom stereocenters. The van der Waals surface area contributed by atoms with Gasteiger partial charge in [-0.25, -0.2) is 12.7 Å². The van der Waals surface area contributed by atoms with Gasteiger partial charge in [0.2, 0.25) is 10.0 Å². The minimum absolute atomic E-state index is 0.114. The molecule has 0 aliphatic heterocycles. The molecular weight excluding hydrogens is 290 g/mol. The van der Waals surface area contributed by atoms with E-state index in [0.29, 0.717) is 13.1 Å². The lowest BCUT2D eigenvalue weighted by Gasteiger charge is -2.28. The minimum atomic E-state index is -3.03. The number of hydrogen-bond donors (Lipinski definition) is 0. The van der Waals surface area contributed by atoms with Gasteiger partial charge in [0.15, 0.2) is 0 Å². The Morgan fingerprint density at radius 1 is 1.25 bits per heavy atom. The van der Waals surface area contributed by atoms with E-state index >= 15 is 0 Å². The summed E-state index contributed by atoms with van der Waals surface area (Å²) in [6, 6.07) is 0. The Kier molecular flexibility index (Phi) is 6.29. The summed E-state index contributed by atoms with van der Waals surface area (Å²) in [5, 5.41) is 0.750. The van der Waals surface area contributed by atoms with Crippen molar-refractivity contribution < 1.29 is 8.42 Å². The standard InChI is InChI=1S/C11H22BrNO2S/c1-2-13(10-6-9-12)16(14,15)11-7-4-3-5-8-11/h11H,2-10H2,1H3. The largest absolute Gasteiger partial charge is 0.216 e. The first-order valence-corrected chi connectivity index (χ1v) is 8.80. The number of nitrogens with zero attached hydrogens (tertiary/aromatic N) is 1. The molecule has 0 aromatic heterocycles. The molecule has 0 radical (unpaired) electrons. The summed E-state index contributed by atoms with van der Waals surface area (Å²) in [6.45, 7) is 3.18. The molecule has 0 aromatic carbocycles. The van der Waals surface area contributed by atoms with Crippen LogP contribution in [0.5, 0.6) is 0 Å². The molecule has 1 aliphatic rings. The van der Waals surface area contributed by atoms with E-state index in [1.54, 1.807) is 4.31 Å². The topological polar surface area (TPSA) is 37.4 Å². The van der Waals surface area contributed by atoms with E-state index in [9.17, 15) is 8.42 Å². The second-order valence-corrected chi connectivity index (χ2v) is 7.35. The number of sulfonamides is 1. The van der Waals surface area contributed by atoms with E-state index in [1.165, 1.54) is 6.42 Å². The van der Waals surface area contributed by atoms with Gasteiger partial charge in [0.05, 0.1) is 5.25 Å². The zero-order chi connectivity index (χ0) is 12.0. The van der Waals surface area contributed by atoms with Crippen LogP contribution in [-0.2, 0) is 10.0 Å². The molecule has 3 nitrogen and oxygen atoms in total. The minimum Gasteiger partial charge on any atom is -0.212 e. The Morgan fingerprint density at radius 2 is 1.88 bits per heavy atom. The third-order valence-corrected chi connectivity index (χ3v) is 6.26. The zero-order valence-electron chi connectivity index (χ0n) is 9.99. The van der Waals surface area contributed by atoms with Crippen molar-refractivity contribution in [3.8, 4) is 0 Å². The molecule has 1 fully saturated rings. The first-order chi connectivity index (χ1) is 7.62. The van der Waals surface area contributed by atoms with Crippen molar-refractivity contribution in [2.24, 2.45) is 0 Å². The summed E-state index contributed by atoms with van der Waals surface area (Å²) in [7, 11) is -3.03. The van der Waals surface area contributed by atoms with Crippen molar-refractivity contribution in [1.82, 2.24) is 4.31 Å². The third kappa shape index (κ3) is 3.70. The number of halogens is 1. The van der Waals surface area contributed by atoms with Crippen LogP contribution in [0.1, 0.15) is 45.4 Å². The molecule has 0 aromatic rings. The van der Waals surface area contributed by atoms with E-state index in [0.717, 1.165) is 37.4 Å². The number of rotatable bonds is 6. The van der Waals surface area contributed by atoms with Crippen LogP contribution in [0.4, 0.5) is 0 Å². The van der Waals surface area contributed by atoms with Gasteiger partial charge in [0, 0.05) is 18.4 Å². The van der Waals surface area contributed by atoms with Crippen LogP contribution in [0, 0.1) is 0 Å². The monoisotopic (exact) mass is 311 g/mol. The van der Waals surface area contributed by atoms with Gasteiger partial charge in [0.25, 0.3) is 0 Å². The van der Waals surface area contributed by atoms with E-state index < -0.39 is 10.0 Å². The molecule has 96 valence electrons. The zero-order valence-corrected chi connectivity index (χ0v) is 12.4. The van der Waals surface area contributed by atoms with E-state index in [2.05, 4.69) is 15.9 Å². The molecular formula is C11H22BrNO2S. The van der Waals surface area contributed by atoms with Crippen molar-refractivity contribution >= 4 is 26.0 Å². The van der Waals surface area contributed by atoms with Gasteiger partial charge in [-0.15, -0.1) is 0 Å². The fraction of sp³-hybridized carbons (Fsp3) is 1.00. The van der Waals surface area contributed by atoms with Gasteiger partial charge >= 0.3 is 0 Å². The van der Waals surface area contributed by atoms with E-state index in [4.69, 9.17) is 0 Å². The lowest BCUT2D eigenvalue weighted by atomic mass is 10.0. The number of hydrogen-bond acceptors (Lipinski definition) is 2. The molecule has 1 aliphatic carbocycles. The maximum Gasteiger partial charge on any atom is 0.216 e. The fourth-order valence-corrected chi connectivity index (χ4v) is 4.62. The Labute approximate surface area is 108 Å². The lowest BCUT2D eigenvalue weighted by Crippen LogP contribution is -2.40. The summed E-state index contributed by atoms with van der Waals surface area (Å²) in [4.78, 5) is 0. The molecule has 5 heteroatoms. The van der Waals surface area contributed by atoms with Crippen molar-refractivity contribution in [3.63, 3.8) is 0 Å². The fourth-order valence-electron chi connectivity index (χ4n) is 2.28. The van der Waals surface area contributed by atoms with Gasteiger partial charge in [0.1, 0.15) is 0 Å². The maximum atomic E-state index is 12.3. The first-order valence-electron chi connectivity index (χ1n) is 6.17. The Balaban J connectivity index is 2.64. The molecule has 16 heavy (non-hydrogen) atoms. The average molecular weight is 312 g/mol. The highest BCUT2D eigenvalue weighted by molar-refractivity contribution is 9.09. The summed E-state index contributed by atoms with van der Waals surface area (Å²) in [5.74, 6) is 0. The van der Waals surface area contributed by atoms with E-state index in [1.807, 2.05) is 6.92 Å². The van der Waals surface area contributed by atoms with Gasteiger partial charge in [-0.05, 0) is 19.3 Å². The highest BCUT2D eigenvalue weighted by Crippen LogP contribution is 2.26. The van der Waals surface area contributed by atoms with Crippen LogP contribution >= 0.6 is 15.9 Å². The number of alkyl halides is 1. The molecule has 1 saturated carbocycles. The molecule has 0 amide bonds. The Hall–Kier alpha value is 0.390. The van der Waals surface area contributed by atoms with Crippen molar-refractivity contribution in [3.05, 3.63) is 0 Å². The second-order valence-electron chi connectivity index (χ2n) is 4.34. The van der Waals surface area contributed by atoms with Crippen molar-refractivity contribution in [1.29, 1.82) is 0 Å². The van der Waals surface area contributed by atoms with Crippen molar-refractivity contribution in [2.75, 3.05) is 18.4 Å². The first kappa shape index (κ1) is 14.5. The van der Waals surface area contributed by atoms with E-state index in [-0.39, 0.29) is 5.25 Å². The maximum absolute atomic E-state index is 12.3. The Bertz CT molecular complexity index is 286. The summed E-state index contributed by atoms with van der Waals surface area (Å²) < 4.78 is 26.3. The SMILES string of the molecule is CCN(CCCBr)S(=O)(=O)C1CCCCC1. The molecule has 0 heterocycles. The van der Waals surface area contributed by atoms with Gasteiger partial charge in [-0.3, -0.25) is 0 Å². The van der Waals surface area contributed by atoms with Gasteiger partial charge in [-0.1, -0.05) is 42.1 Å². The smallest absolute Gasteiger partial charge is 0.212 e. The third-order valence-electron chi connectivity index (χ3n) is 3.23. The molecule has 0 atom stereocenters. The molecule has 1 rings (SSSR count). The molecule has 0 saturated heterocycles. The lowest BCUT2D eigenvalue weighted by molar-refractivity contribution is 0.399. The van der Waals surface area contributed by atoms with Crippen LogP contribution in [0.2, 0.25) is 0 Å². The van der Waals surface area contributed by atoms with Crippen LogP contribution < -0.4 is 0 Å². The highest BCUT2D eigenvalue weighted by Gasteiger charge is 2.31. The van der Waals surface area contributed by atoms with Crippen LogP contribution in [0.3, 0.4) is 0 Å². The van der Waals surface area contributed by atoms with Gasteiger partial charge in [-0.2, -0.15) is 0 Å². The molecule has 0 spiro atoms. The summed E-state index contributed by atoms with van der Waals surface area (Å²) in [5.41, 5.74) is 0. The van der Waals surface area contributed by atoms with Crippen LogP contribution in [0.15, 0.2) is 0 Å². The van der Waals surface area contributed by atoms with Crippen molar-refractivity contribution in [2.45, 2.75) is 50.7 Å². The van der Waals surface area contributed by atoms with Gasteiger partial charge < -0.3 is 0 Å². The molecule has 0 bridgehead atoms. The van der Waals surface area contributed by atoms with Crippen LogP contribution in [-0.4, -0.2) is 36.4 Å². The normalized spacial score (nSPS) is 19.2. The second kappa shape index (κ2) is 6.97. The quantitative estimate of drug-likeness (QED) is 0.707. The predicted molar refractivity (Wildman–Crippen MR) is 71.5 cm³/mol. The summed E-state index contributed by atoms with van der Waals surface area (Å²) >= 11 is 3.35. The van der Waals surface area contributed by atoms with Crippen LogP contribution in [0.25, 0.3) is 0 Å². The molecule has 0 N–H and O–H groups in total. The average Bonchev–Trinajstić information content (AvgIpc) is 2.31. The summed E-state index contributed by atoms with van der Waals surface area (Å²) in [6.07, 6.45) is 5.93.